The summed E-state index contributed by atoms with van der Waals surface area (Å²) >= 11 is 0. The number of hydrogen-bond donors (Lipinski definition) is 1. The third-order valence-corrected chi connectivity index (χ3v) is 5.09. The molecule has 1 N–H and O–H groups in total. The predicted octanol–water partition coefficient (Wildman–Crippen LogP) is 1.53. The van der Waals surface area contributed by atoms with Gasteiger partial charge < -0.3 is 24.7 Å². The van der Waals surface area contributed by atoms with Crippen molar-refractivity contribution in [2.45, 2.75) is 18.3 Å². The van der Waals surface area contributed by atoms with Gasteiger partial charge >= 0.3 is 0 Å². The second-order valence-corrected chi connectivity index (χ2v) is 6.59. The van der Waals surface area contributed by atoms with E-state index in [1.807, 2.05) is 18.2 Å². The molecule has 0 saturated carbocycles. The summed E-state index contributed by atoms with van der Waals surface area (Å²) in [6.07, 6.45) is 4.25. The molecule has 7 nitrogen and oxygen atoms in total. The van der Waals surface area contributed by atoms with E-state index in [2.05, 4.69) is 5.32 Å². The van der Waals surface area contributed by atoms with E-state index in [0.717, 1.165) is 29.9 Å². The van der Waals surface area contributed by atoms with Crippen LogP contribution in [0.25, 0.3) is 0 Å². The smallest absolute Gasteiger partial charge is 0.251 e. The summed E-state index contributed by atoms with van der Waals surface area (Å²) in [4.78, 5) is 12.5. The number of nitrogens with zero attached hydrogens (tertiary/aromatic N) is 1. The molecule has 0 unspecified atom stereocenters. The highest BCUT2D eigenvalue weighted by Gasteiger charge is 2.36. The van der Waals surface area contributed by atoms with Crippen molar-refractivity contribution in [2.75, 3.05) is 26.6 Å². The van der Waals surface area contributed by atoms with Crippen LogP contribution in [0.15, 0.2) is 42.7 Å². The van der Waals surface area contributed by atoms with E-state index < -0.39 is 0 Å². The molecule has 2 aromatic rings. The van der Waals surface area contributed by atoms with Crippen LogP contribution in [0.5, 0.6) is 11.5 Å². The molecule has 0 bridgehead atoms. The van der Waals surface area contributed by atoms with Crippen LogP contribution in [-0.4, -0.2) is 32.5 Å². The van der Waals surface area contributed by atoms with E-state index in [1.165, 1.54) is 24.5 Å². The minimum Gasteiger partial charge on any atom is -0.619 e. The van der Waals surface area contributed by atoms with Crippen LogP contribution in [0.4, 0.5) is 0 Å². The average Bonchev–Trinajstić information content (AvgIpc) is 3.15. The first-order valence-corrected chi connectivity index (χ1v) is 8.61. The minimum atomic E-state index is -0.220. The van der Waals surface area contributed by atoms with Crippen LogP contribution in [0, 0.1) is 5.21 Å². The number of ether oxygens (including phenoxy) is 3. The Labute approximate surface area is 151 Å². The zero-order valence-corrected chi connectivity index (χ0v) is 14.3. The zero-order valence-electron chi connectivity index (χ0n) is 14.3. The van der Waals surface area contributed by atoms with Gasteiger partial charge in [-0.2, -0.15) is 4.73 Å². The molecule has 136 valence electrons. The molecule has 1 aromatic carbocycles. The number of hydrogen-bond acceptors (Lipinski definition) is 5. The number of nitrogens with one attached hydrogen (secondary N) is 1. The van der Waals surface area contributed by atoms with Crippen molar-refractivity contribution in [3.05, 3.63) is 59.1 Å². The van der Waals surface area contributed by atoms with Crippen LogP contribution in [0.3, 0.4) is 0 Å². The molecule has 4 rings (SSSR count). The van der Waals surface area contributed by atoms with E-state index in [1.54, 1.807) is 0 Å². The molecule has 0 spiro atoms. The topological polar surface area (TPSA) is 83.7 Å². The first-order chi connectivity index (χ1) is 12.7. The van der Waals surface area contributed by atoms with Crippen molar-refractivity contribution >= 4 is 5.91 Å². The van der Waals surface area contributed by atoms with E-state index in [4.69, 9.17) is 14.2 Å². The lowest BCUT2D eigenvalue weighted by Crippen LogP contribution is -2.44. The molecule has 1 amide bonds. The van der Waals surface area contributed by atoms with Crippen LogP contribution in [0.2, 0.25) is 0 Å². The summed E-state index contributed by atoms with van der Waals surface area (Å²) in [6.45, 7) is 2.01. The Morgan fingerprint density at radius 2 is 1.85 bits per heavy atom. The quantitative estimate of drug-likeness (QED) is 0.663. The molecule has 7 heteroatoms. The molecule has 1 saturated heterocycles. The molecule has 0 aliphatic carbocycles. The second kappa shape index (κ2) is 6.84. The van der Waals surface area contributed by atoms with Gasteiger partial charge in [-0.1, -0.05) is 6.07 Å². The Morgan fingerprint density at radius 1 is 1.12 bits per heavy atom. The van der Waals surface area contributed by atoms with Gasteiger partial charge in [0.15, 0.2) is 23.9 Å². The van der Waals surface area contributed by atoms with Crippen LogP contribution < -0.4 is 19.5 Å². The molecule has 0 atom stereocenters. The third-order valence-electron chi connectivity index (χ3n) is 5.09. The van der Waals surface area contributed by atoms with Gasteiger partial charge in [0, 0.05) is 37.3 Å². The Morgan fingerprint density at radius 3 is 2.62 bits per heavy atom. The molecule has 1 aromatic heterocycles. The molecule has 26 heavy (non-hydrogen) atoms. The minimum absolute atomic E-state index is 0.197. The maximum absolute atomic E-state index is 12.5. The fourth-order valence-corrected chi connectivity index (χ4v) is 3.47. The SMILES string of the molecule is O=C(NCC1(c2ccc3c(c2)OCO3)CCOCC1)c1cc[n+]([O-])cc1. The highest BCUT2D eigenvalue weighted by atomic mass is 16.7. The Kier molecular flexibility index (Phi) is 4.38. The summed E-state index contributed by atoms with van der Waals surface area (Å²) in [5.41, 5.74) is 1.35. The summed E-state index contributed by atoms with van der Waals surface area (Å²) in [7, 11) is 0. The molecular weight excluding hydrogens is 336 g/mol. The summed E-state index contributed by atoms with van der Waals surface area (Å²) < 4.78 is 17.1. The lowest BCUT2D eigenvalue weighted by Gasteiger charge is -2.38. The fourth-order valence-electron chi connectivity index (χ4n) is 3.47. The van der Waals surface area contributed by atoms with Crippen LogP contribution >= 0.6 is 0 Å². The largest absolute Gasteiger partial charge is 0.619 e. The summed E-state index contributed by atoms with van der Waals surface area (Å²) in [5.74, 6) is 1.29. The molecule has 3 heterocycles. The highest BCUT2D eigenvalue weighted by molar-refractivity contribution is 5.93. The first-order valence-electron chi connectivity index (χ1n) is 8.61. The van der Waals surface area contributed by atoms with Gasteiger partial charge in [-0.05, 0) is 30.5 Å². The van der Waals surface area contributed by atoms with Crippen molar-refractivity contribution in [2.24, 2.45) is 0 Å². The van der Waals surface area contributed by atoms with Gasteiger partial charge in [0.2, 0.25) is 6.79 Å². The van der Waals surface area contributed by atoms with E-state index in [9.17, 15) is 10.0 Å². The Hall–Kier alpha value is -2.80. The van der Waals surface area contributed by atoms with E-state index in [0.29, 0.717) is 30.1 Å². The predicted molar refractivity (Wildman–Crippen MR) is 92.0 cm³/mol. The van der Waals surface area contributed by atoms with E-state index >= 15 is 0 Å². The maximum atomic E-state index is 12.5. The molecule has 2 aliphatic heterocycles. The second-order valence-electron chi connectivity index (χ2n) is 6.59. The van der Waals surface area contributed by atoms with Gasteiger partial charge in [-0.3, -0.25) is 4.79 Å². The number of aromatic nitrogens is 1. The molecular formula is C19H20N2O5. The lowest BCUT2D eigenvalue weighted by molar-refractivity contribution is -0.605. The molecule has 2 aliphatic rings. The van der Waals surface area contributed by atoms with Gasteiger partial charge in [0.05, 0.1) is 5.56 Å². The number of rotatable bonds is 4. The van der Waals surface area contributed by atoms with Crippen LogP contribution in [-0.2, 0) is 10.2 Å². The summed E-state index contributed by atoms with van der Waals surface area (Å²) in [5, 5.41) is 14.1. The van der Waals surface area contributed by atoms with E-state index in [-0.39, 0.29) is 18.1 Å². The average molecular weight is 356 g/mol. The summed E-state index contributed by atoms with van der Waals surface area (Å²) in [6, 6.07) is 8.98. The number of carbonyl (C=O) groups is 1. The van der Waals surface area contributed by atoms with Crippen molar-refractivity contribution in [1.82, 2.24) is 5.32 Å². The fraction of sp³-hybridized carbons (Fsp3) is 0.368. The third kappa shape index (κ3) is 3.17. The lowest BCUT2D eigenvalue weighted by atomic mass is 9.74. The van der Waals surface area contributed by atoms with Crippen molar-refractivity contribution in [1.29, 1.82) is 0 Å². The Bertz CT molecular complexity index is 800. The Balaban J connectivity index is 1.55. The van der Waals surface area contributed by atoms with Gasteiger partial charge in [-0.25, -0.2) is 0 Å². The normalized spacial score (nSPS) is 17.7. The number of fused-ring (bicyclic) bond motifs is 1. The number of carbonyl (C=O) groups excluding carboxylic acids is 1. The number of pyridine rings is 1. The van der Waals surface area contributed by atoms with Crippen LogP contribution in [0.1, 0.15) is 28.8 Å². The monoisotopic (exact) mass is 356 g/mol. The zero-order chi connectivity index (χ0) is 18.0. The molecule has 0 radical (unpaired) electrons. The number of benzene rings is 1. The molecule has 1 fully saturated rings. The van der Waals surface area contributed by atoms with Crippen molar-refractivity contribution < 1.29 is 23.7 Å². The number of amides is 1. The highest BCUT2D eigenvalue weighted by Crippen LogP contribution is 2.40. The standard InChI is InChI=1S/C19H20N2O5/c22-18(14-3-7-21(23)8-4-14)20-12-19(5-9-24-10-6-19)15-1-2-16-17(11-15)26-13-25-16/h1-4,7-8,11H,5-6,9-10,12-13H2,(H,20,22). The van der Waals surface area contributed by atoms with Crippen molar-refractivity contribution in [3.63, 3.8) is 0 Å². The van der Waals surface area contributed by atoms with Gasteiger partial charge in [0.25, 0.3) is 5.91 Å². The van der Waals surface area contributed by atoms with Gasteiger partial charge in [-0.15, -0.1) is 0 Å². The first kappa shape index (κ1) is 16.7. The maximum Gasteiger partial charge on any atom is 0.251 e. The van der Waals surface area contributed by atoms with Gasteiger partial charge in [0.1, 0.15) is 0 Å². The van der Waals surface area contributed by atoms with Crippen molar-refractivity contribution in [3.8, 4) is 11.5 Å².